The molecular formula is C10H11Cl2N5O2S. The summed E-state index contributed by atoms with van der Waals surface area (Å²) in [5.41, 5.74) is 0. The molecule has 0 spiro atoms. The van der Waals surface area contributed by atoms with Crippen LogP contribution in [-0.4, -0.2) is 28.2 Å². The SMILES string of the molecule is CC(NS(=O)(=O)c1cnc(Cl)c(Cl)c1)c1nncn1C. The van der Waals surface area contributed by atoms with E-state index in [4.69, 9.17) is 23.2 Å². The number of hydrogen-bond donors (Lipinski definition) is 1. The molecule has 0 fully saturated rings. The molecule has 2 rings (SSSR count). The van der Waals surface area contributed by atoms with Crippen LogP contribution in [0.3, 0.4) is 0 Å². The van der Waals surface area contributed by atoms with Gasteiger partial charge in [0.2, 0.25) is 10.0 Å². The van der Waals surface area contributed by atoms with Crippen LogP contribution in [0.1, 0.15) is 18.8 Å². The molecule has 108 valence electrons. The average Bonchev–Trinajstić information content (AvgIpc) is 2.78. The molecule has 10 heteroatoms. The van der Waals surface area contributed by atoms with Gasteiger partial charge in [0.25, 0.3) is 0 Å². The summed E-state index contributed by atoms with van der Waals surface area (Å²) in [6.45, 7) is 1.66. The first kappa shape index (κ1) is 15.2. The van der Waals surface area contributed by atoms with E-state index in [9.17, 15) is 8.42 Å². The maximum absolute atomic E-state index is 12.2. The summed E-state index contributed by atoms with van der Waals surface area (Å²) in [6, 6.07) is 0.685. The zero-order valence-corrected chi connectivity index (χ0v) is 12.9. The van der Waals surface area contributed by atoms with Crippen LogP contribution in [0.2, 0.25) is 10.2 Å². The van der Waals surface area contributed by atoms with Crippen LogP contribution in [0, 0.1) is 0 Å². The van der Waals surface area contributed by atoms with Crippen molar-refractivity contribution in [2.45, 2.75) is 17.9 Å². The van der Waals surface area contributed by atoms with E-state index in [-0.39, 0.29) is 15.1 Å². The van der Waals surface area contributed by atoms with Crippen molar-refractivity contribution in [1.29, 1.82) is 0 Å². The Morgan fingerprint density at radius 2 is 2.10 bits per heavy atom. The van der Waals surface area contributed by atoms with Crippen LogP contribution in [-0.2, 0) is 17.1 Å². The van der Waals surface area contributed by atoms with E-state index in [1.54, 1.807) is 18.5 Å². The molecule has 2 aromatic rings. The fourth-order valence-electron chi connectivity index (χ4n) is 1.59. The molecule has 7 nitrogen and oxygen atoms in total. The molecule has 0 saturated carbocycles. The van der Waals surface area contributed by atoms with Gasteiger partial charge in [0, 0.05) is 13.2 Å². The molecule has 1 N–H and O–H groups in total. The lowest BCUT2D eigenvalue weighted by Gasteiger charge is -2.13. The summed E-state index contributed by atoms with van der Waals surface area (Å²) in [5, 5.41) is 7.67. The Balaban J connectivity index is 2.27. The van der Waals surface area contributed by atoms with E-state index in [0.29, 0.717) is 5.82 Å². The van der Waals surface area contributed by atoms with E-state index in [2.05, 4.69) is 19.9 Å². The number of sulfonamides is 1. The van der Waals surface area contributed by atoms with Gasteiger partial charge in [-0.3, -0.25) is 0 Å². The van der Waals surface area contributed by atoms with Crippen molar-refractivity contribution in [1.82, 2.24) is 24.5 Å². The van der Waals surface area contributed by atoms with Crippen molar-refractivity contribution in [2.24, 2.45) is 7.05 Å². The first-order valence-electron chi connectivity index (χ1n) is 5.48. The predicted molar refractivity (Wildman–Crippen MR) is 74.0 cm³/mol. The number of nitrogens with zero attached hydrogens (tertiary/aromatic N) is 4. The highest BCUT2D eigenvalue weighted by Crippen LogP contribution is 2.23. The predicted octanol–water partition coefficient (Wildman–Crippen LogP) is 1.56. The molecule has 0 radical (unpaired) electrons. The largest absolute Gasteiger partial charge is 0.319 e. The van der Waals surface area contributed by atoms with E-state index < -0.39 is 16.1 Å². The van der Waals surface area contributed by atoms with Crippen molar-refractivity contribution in [2.75, 3.05) is 0 Å². The Morgan fingerprint density at radius 3 is 2.65 bits per heavy atom. The smallest absolute Gasteiger partial charge is 0.242 e. The number of halogens is 2. The normalized spacial score (nSPS) is 13.4. The summed E-state index contributed by atoms with van der Waals surface area (Å²) < 4.78 is 28.5. The van der Waals surface area contributed by atoms with Crippen molar-refractivity contribution >= 4 is 33.2 Å². The highest BCUT2D eigenvalue weighted by atomic mass is 35.5. The Labute approximate surface area is 126 Å². The van der Waals surface area contributed by atoms with Gasteiger partial charge in [-0.2, -0.15) is 0 Å². The second-order valence-electron chi connectivity index (χ2n) is 4.09. The maximum atomic E-state index is 12.2. The molecule has 0 amide bonds. The first-order valence-corrected chi connectivity index (χ1v) is 7.72. The number of pyridine rings is 1. The summed E-state index contributed by atoms with van der Waals surface area (Å²) >= 11 is 11.4. The molecule has 2 heterocycles. The second-order valence-corrected chi connectivity index (χ2v) is 6.57. The monoisotopic (exact) mass is 335 g/mol. The van der Waals surface area contributed by atoms with Crippen LogP contribution in [0.5, 0.6) is 0 Å². The molecule has 0 aliphatic heterocycles. The highest BCUT2D eigenvalue weighted by Gasteiger charge is 2.22. The van der Waals surface area contributed by atoms with Crippen LogP contribution < -0.4 is 4.72 Å². The number of rotatable bonds is 4. The molecule has 0 saturated heterocycles. The van der Waals surface area contributed by atoms with Crippen molar-refractivity contribution < 1.29 is 8.42 Å². The molecule has 0 bridgehead atoms. The molecule has 1 atom stereocenters. The van der Waals surface area contributed by atoms with Crippen LogP contribution in [0.15, 0.2) is 23.5 Å². The zero-order valence-electron chi connectivity index (χ0n) is 10.6. The van der Waals surface area contributed by atoms with Gasteiger partial charge in [0.15, 0.2) is 0 Å². The Morgan fingerprint density at radius 1 is 1.40 bits per heavy atom. The fraction of sp³-hybridized carbons (Fsp3) is 0.300. The summed E-state index contributed by atoms with van der Waals surface area (Å²) in [5.74, 6) is 0.488. The molecule has 2 aromatic heterocycles. The maximum Gasteiger partial charge on any atom is 0.242 e. The van der Waals surface area contributed by atoms with Gasteiger partial charge in [-0.25, -0.2) is 18.1 Å². The van der Waals surface area contributed by atoms with Crippen LogP contribution in [0.25, 0.3) is 0 Å². The Hall–Kier alpha value is -1.22. The molecular weight excluding hydrogens is 325 g/mol. The third-order valence-electron chi connectivity index (χ3n) is 2.55. The second kappa shape index (κ2) is 5.65. The molecule has 0 aromatic carbocycles. The van der Waals surface area contributed by atoms with Gasteiger partial charge in [-0.15, -0.1) is 10.2 Å². The summed E-state index contributed by atoms with van der Waals surface area (Å²) in [7, 11) is -2.06. The minimum absolute atomic E-state index is 0.0481. The van der Waals surface area contributed by atoms with Crippen LogP contribution >= 0.6 is 23.2 Å². The molecule has 0 aliphatic carbocycles. The first-order chi connectivity index (χ1) is 9.31. The number of aryl methyl sites for hydroxylation is 1. The van der Waals surface area contributed by atoms with Gasteiger partial charge in [0.05, 0.1) is 11.1 Å². The van der Waals surface area contributed by atoms with Crippen LogP contribution in [0.4, 0.5) is 0 Å². The minimum Gasteiger partial charge on any atom is -0.319 e. The summed E-state index contributed by atoms with van der Waals surface area (Å²) in [4.78, 5) is 3.65. The van der Waals surface area contributed by atoms with Crippen molar-refractivity contribution in [3.05, 3.63) is 34.6 Å². The van der Waals surface area contributed by atoms with E-state index in [0.717, 1.165) is 6.20 Å². The molecule has 20 heavy (non-hydrogen) atoms. The third-order valence-corrected chi connectivity index (χ3v) is 4.74. The third kappa shape index (κ3) is 3.09. The van der Waals surface area contributed by atoms with Crippen molar-refractivity contribution in [3.63, 3.8) is 0 Å². The highest BCUT2D eigenvalue weighted by molar-refractivity contribution is 7.89. The topological polar surface area (TPSA) is 89.8 Å². The number of nitrogens with one attached hydrogen (secondary N) is 1. The van der Waals surface area contributed by atoms with Gasteiger partial charge >= 0.3 is 0 Å². The molecule has 1 unspecified atom stereocenters. The van der Waals surface area contributed by atoms with E-state index in [1.165, 1.54) is 12.4 Å². The zero-order chi connectivity index (χ0) is 14.9. The minimum atomic E-state index is -3.78. The van der Waals surface area contributed by atoms with Gasteiger partial charge < -0.3 is 4.57 Å². The van der Waals surface area contributed by atoms with E-state index >= 15 is 0 Å². The van der Waals surface area contributed by atoms with Gasteiger partial charge in [-0.1, -0.05) is 23.2 Å². The lowest BCUT2D eigenvalue weighted by molar-refractivity contribution is 0.553. The van der Waals surface area contributed by atoms with Crippen molar-refractivity contribution in [3.8, 4) is 0 Å². The quantitative estimate of drug-likeness (QED) is 0.856. The Kier molecular flexibility index (Phi) is 4.28. The molecule has 0 aliphatic rings. The standard InChI is InChI=1S/C10H11Cl2N5O2S/c1-6(10-15-14-5-17(10)2)16-20(18,19)7-3-8(11)9(12)13-4-7/h3-6,16H,1-2H3. The van der Waals surface area contributed by atoms with Gasteiger partial charge in [-0.05, 0) is 13.0 Å². The Bertz CT molecular complexity index is 731. The average molecular weight is 336 g/mol. The van der Waals surface area contributed by atoms with E-state index in [1.807, 2.05) is 0 Å². The lowest BCUT2D eigenvalue weighted by atomic mass is 10.3. The van der Waals surface area contributed by atoms with Gasteiger partial charge in [0.1, 0.15) is 22.2 Å². The summed E-state index contributed by atoms with van der Waals surface area (Å²) in [6.07, 6.45) is 2.63. The fourth-order valence-corrected chi connectivity index (χ4v) is 3.09. The number of aromatic nitrogens is 4. The number of hydrogen-bond acceptors (Lipinski definition) is 5. The lowest BCUT2D eigenvalue weighted by Crippen LogP contribution is -2.28.